The Hall–Kier alpha value is -1.78. The van der Waals surface area contributed by atoms with E-state index in [-0.39, 0.29) is 5.91 Å². The van der Waals surface area contributed by atoms with Crippen molar-refractivity contribution in [3.8, 4) is 0 Å². The molecule has 1 heterocycles. The summed E-state index contributed by atoms with van der Waals surface area (Å²) in [7, 11) is 0. The Kier molecular flexibility index (Phi) is 4.50. The van der Waals surface area contributed by atoms with Crippen LogP contribution in [0.2, 0.25) is 5.02 Å². The molecular weight excluding hydrogens is 300 g/mol. The van der Waals surface area contributed by atoms with Crippen molar-refractivity contribution in [1.82, 2.24) is 4.90 Å². The molecule has 1 amide bonds. The lowest BCUT2D eigenvalue weighted by Gasteiger charge is -2.20. The Morgan fingerprint density at radius 1 is 1.41 bits per heavy atom. The van der Waals surface area contributed by atoms with Crippen LogP contribution in [0.3, 0.4) is 0 Å². The number of rotatable bonds is 6. The summed E-state index contributed by atoms with van der Waals surface area (Å²) in [6.45, 7) is 2.96. The average Bonchev–Trinajstić information content (AvgIpc) is 3.21. The normalized spacial score (nSPS) is 14.3. The number of nitrogens with one attached hydrogen (secondary N) is 1. The molecule has 0 unspecified atom stereocenters. The number of carbonyl (C=O) groups excluding carboxylic acids is 1. The second-order valence-corrected chi connectivity index (χ2v) is 6.13. The van der Waals surface area contributed by atoms with Crippen molar-refractivity contribution < 1.29 is 9.21 Å². The van der Waals surface area contributed by atoms with Gasteiger partial charge < -0.3 is 9.73 Å². The van der Waals surface area contributed by atoms with Crippen LogP contribution in [0.15, 0.2) is 41.0 Å². The van der Waals surface area contributed by atoms with Crippen LogP contribution in [-0.2, 0) is 11.3 Å². The molecule has 4 nitrogen and oxygen atoms in total. The number of carbonyl (C=O) groups is 1. The van der Waals surface area contributed by atoms with E-state index in [4.69, 9.17) is 16.0 Å². The number of nitrogens with zero attached hydrogens (tertiary/aromatic N) is 1. The standard InChI is InChI=1S/C17H19ClN2O2/c1-12-4-5-13(9-16(12)18)19-17(21)11-20(14-6-7-14)10-15-3-2-8-22-15/h2-5,8-9,14H,6-7,10-11H2,1H3,(H,19,21). The number of halogens is 1. The Bertz CT molecular complexity index is 651. The number of benzene rings is 1. The van der Waals surface area contributed by atoms with Gasteiger partial charge in [-0.15, -0.1) is 0 Å². The SMILES string of the molecule is Cc1ccc(NC(=O)CN(Cc2ccco2)C2CC2)cc1Cl. The number of anilines is 1. The molecule has 22 heavy (non-hydrogen) atoms. The molecule has 0 aliphatic heterocycles. The van der Waals surface area contributed by atoms with Gasteiger partial charge in [0.1, 0.15) is 5.76 Å². The number of amides is 1. The molecule has 1 aromatic carbocycles. The number of aryl methyl sites for hydroxylation is 1. The summed E-state index contributed by atoms with van der Waals surface area (Å²) in [4.78, 5) is 14.4. The highest BCUT2D eigenvalue weighted by atomic mass is 35.5. The summed E-state index contributed by atoms with van der Waals surface area (Å²) in [5, 5.41) is 3.57. The predicted octanol–water partition coefficient (Wildman–Crippen LogP) is 3.84. The third-order valence-electron chi connectivity index (χ3n) is 3.80. The fourth-order valence-corrected chi connectivity index (χ4v) is 2.59. The van der Waals surface area contributed by atoms with Crippen molar-refractivity contribution in [2.45, 2.75) is 32.4 Å². The van der Waals surface area contributed by atoms with E-state index >= 15 is 0 Å². The highest BCUT2D eigenvalue weighted by molar-refractivity contribution is 6.31. The Balaban J connectivity index is 1.60. The topological polar surface area (TPSA) is 45.5 Å². The largest absolute Gasteiger partial charge is 0.468 e. The number of hydrogen-bond acceptors (Lipinski definition) is 3. The maximum Gasteiger partial charge on any atom is 0.238 e. The summed E-state index contributed by atoms with van der Waals surface area (Å²) < 4.78 is 5.38. The van der Waals surface area contributed by atoms with Gasteiger partial charge in [0, 0.05) is 16.8 Å². The highest BCUT2D eigenvalue weighted by Gasteiger charge is 2.30. The van der Waals surface area contributed by atoms with Crippen LogP contribution in [0.1, 0.15) is 24.2 Å². The summed E-state index contributed by atoms with van der Waals surface area (Å²) in [6.07, 6.45) is 3.95. The lowest BCUT2D eigenvalue weighted by atomic mass is 10.2. The summed E-state index contributed by atoms with van der Waals surface area (Å²) in [6, 6.07) is 9.84. The molecule has 1 aromatic heterocycles. The zero-order chi connectivity index (χ0) is 15.5. The smallest absolute Gasteiger partial charge is 0.238 e. The van der Waals surface area contributed by atoms with E-state index in [1.54, 1.807) is 12.3 Å². The van der Waals surface area contributed by atoms with E-state index in [1.807, 2.05) is 31.2 Å². The average molecular weight is 319 g/mol. The highest BCUT2D eigenvalue weighted by Crippen LogP contribution is 2.28. The molecule has 5 heteroatoms. The third-order valence-corrected chi connectivity index (χ3v) is 4.21. The molecule has 1 N–H and O–H groups in total. The maximum atomic E-state index is 12.3. The predicted molar refractivity (Wildman–Crippen MR) is 87.0 cm³/mol. The molecule has 1 aliphatic carbocycles. The number of furan rings is 1. The third kappa shape index (κ3) is 3.90. The van der Waals surface area contributed by atoms with Crippen LogP contribution in [0.4, 0.5) is 5.69 Å². The van der Waals surface area contributed by atoms with Gasteiger partial charge in [-0.1, -0.05) is 17.7 Å². The van der Waals surface area contributed by atoms with Crippen molar-refractivity contribution in [2.24, 2.45) is 0 Å². The van der Waals surface area contributed by atoms with Gasteiger partial charge in [0.25, 0.3) is 0 Å². The van der Waals surface area contributed by atoms with Gasteiger partial charge in [0.2, 0.25) is 5.91 Å². The molecule has 116 valence electrons. The van der Waals surface area contributed by atoms with Crippen LogP contribution in [0.25, 0.3) is 0 Å². The van der Waals surface area contributed by atoms with Crippen molar-refractivity contribution in [3.05, 3.63) is 52.9 Å². The molecule has 1 saturated carbocycles. The van der Waals surface area contributed by atoms with Gasteiger partial charge in [0.15, 0.2) is 0 Å². The fraction of sp³-hybridized carbons (Fsp3) is 0.353. The van der Waals surface area contributed by atoms with Crippen molar-refractivity contribution >= 4 is 23.2 Å². The second-order valence-electron chi connectivity index (χ2n) is 5.73. The molecular formula is C17H19ClN2O2. The minimum absolute atomic E-state index is 0.0293. The van der Waals surface area contributed by atoms with Crippen LogP contribution in [0.5, 0.6) is 0 Å². The first-order valence-corrected chi connectivity index (χ1v) is 7.82. The van der Waals surface area contributed by atoms with Gasteiger partial charge in [0.05, 0.1) is 19.4 Å². The van der Waals surface area contributed by atoms with Gasteiger partial charge in [-0.25, -0.2) is 0 Å². The van der Waals surface area contributed by atoms with Crippen LogP contribution in [0, 0.1) is 6.92 Å². The molecule has 1 aliphatic rings. The summed E-state index contributed by atoms with van der Waals surface area (Å²) in [5.41, 5.74) is 1.73. The molecule has 0 radical (unpaired) electrons. The molecule has 0 bridgehead atoms. The first kappa shape index (κ1) is 15.1. The van der Waals surface area contributed by atoms with E-state index < -0.39 is 0 Å². The zero-order valence-electron chi connectivity index (χ0n) is 12.5. The molecule has 0 atom stereocenters. The zero-order valence-corrected chi connectivity index (χ0v) is 13.3. The van der Waals surface area contributed by atoms with Crippen LogP contribution >= 0.6 is 11.6 Å². The van der Waals surface area contributed by atoms with E-state index in [0.717, 1.165) is 29.9 Å². The maximum absolute atomic E-state index is 12.3. The first-order valence-electron chi connectivity index (χ1n) is 7.44. The van der Waals surface area contributed by atoms with Crippen LogP contribution < -0.4 is 5.32 Å². The van der Waals surface area contributed by atoms with Gasteiger partial charge in [-0.05, 0) is 49.6 Å². The lowest BCUT2D eigenvalue weighted by Crippen LogP contribution is -2.34. The Morgan fingerprint density at radius 2 is 2.23 bits per heavy atom. The van der Waals surface area contributed by atoms with Crippen molar-refractivity contribution in [1.29, 1.82) is 0 Å². The molecule has 2 aromatic rings. The van der Waals surface area contributed by atoms with E-state index in [1.165, 1.54) is 0 Å². The number of hydrogen-bond donors (Lipinski definition) is 1. The minimum atomic E-state index is -0.0293. The molecule has 0 saturated heterocycles. The monoisotopic (exact) mass is 318 g/mol. The minimum Gasteiger partial charge on any atom is -0.468 e. The Labute approximate surface area is 135 Å². The first-order chi connectivity index (χ1) is 10.6. The second kappa shape index (κ2) is 6.55. The Morgan fingerprint density at radius 3 is 2.86 bits per heavy atom. The van der Waals surface area contributed by atoms with Gasteiger partial charge >= 0.3 is 0 Å². The quantitative estimate of drug-likeness (QED) is 0.880. The molecule has 3 rings (SSSR count). The van der Waals surface area contributed by atoms with Crippen LogP contribution in [-0.4, -0.2) is 23.4 Å². The molecule has 1 fully saturated rings. The lowest BCUT2D eigenvalue weighted by molar-refractivity contribution is -0.117. The van der Waals surface area contributed by atoms with Crippen molar-refractivity contribution in [2.75, 3.05) is 11.9 Å². The molecule has 0 spiro atoms. The van der Waals surface area contributed by atoms with E-state index in [9.17, 15) is 4.79 Å². The van der Waals surface area contributed by atoms with E-state index in [0.29, 0.717) is 24.2 Å². The van der Waals surface area contributed by atoms with Gasteiger partial charge in [-0.2, -0.15) is 0 Å². The van der Waals surface area contributed by atoms with E-state index in [2.05, 4.69) is 10.2 Å². The summed E-state index contributed by atoms with van der Waals surface area (Å²) >= 11 is 6.08. The fourth-order valence-electron chi connectivity index (χ4n) is 2.41. The van der Waals surface area contributed by atoms with Gasteiger partial charge in [-0.3, -0.25) is 9.69 Å². The van der Waals surface area contributed by atoms with Crippen molar-refractivity contribution in [3.63, 3.8) is 0 Å². The summed E-state index contributed by atoms with van der Waals surface area (Å²) in [5.74, 6) is 0.858.